The Hall–Kier alpha value is -2.57. The zero-order valence-corrected chi connectivity index (χ0v) is 16.1. The molecule has 1 aromatic carbocycles. The van der Waals surface area contributed by atoms with Gasteiger partial charge < -0.3 is 19.7 Å². The van der Waals surface area contributed by atoms with Gasteiger partial charge in [0.1, 0.15) is 17.3 Å². The Morgan fingerprint density at radius 1 is 1.41 bits per heavy atom. The number of benzene rings is 1. The number of sulfonamides is 1. The number of anilines is 1. The highest BCUT2D eigenvalue weighted by Crippen LogP contribution is 2.33. The van der Waals surface area contributed by atoms with Gasteiger partial charge in [0.25, 0.3) is 12.3 Å². The molecule has 0 spiro atoms. The second kappa shape index (κ2) is 7.69. The Balaban J connectivity index is 1.96. The van der Waals surface area contributed by atoms with Crippen molar-refractivity contribution in [3.8, 4) is 5.75 Å². The van der Waals surface area contributed by atoms with Crippen LogP contribution in [0.4, 0.5) is 18.9 Å². The van der Waals surface area contributed by atoms with Crippen LogP contribution < -0.4 is 14.8 Å². The van der Waals surface area contributed by atoms with Crippen molar-refractivity contribution >= 4 is 21.6 Å². The first-order valence-electron chi connectivity index (χ1n) is 8.42. The second-order valence-electron chi connectivity index (χ2n) is 6.55. The number of ether oxygens (including phenoxy) is 1. The summed E-state index contributed by atoms with van der Waals surface area (Å²) in [5.74, 6) is -2.20. The van der Waals surface area contributed by atoms with E-state index in [9.17, 15) is 31.5 Å². The molecule has 1 aliphatic heterocycles. The van der Waals surface area contributed by atoms with Crippen LogP contribution in [0.5, 0.6) is 5.75 Å². The van der Waals surface area contributed by atoms with E-state index in [1.54, 1.807) is 0 Å². The van der Waals surface area contributed by atoms with Gasteiger partial charge in [-0.2, -0.15) is 0 Å². The molecule has 1 aromatic heterocycles. The third kappa shape index (κ3) is 4.09. The fraction of sp³-hybridized carbons (Fsp3) is 0.353. The zero-order chi connectivity index (χ0) is 21.5. The lowest BCUT2D eigenvalue weighted by molar-refractivity contribution is 0.100. The Morgan fingerprint density at radius 3 is 2.72 bits per heavy atom. The van der Waals surface area contributed by atoms with E-state index in [1.165, 1.54) is 18.5 Å². The Morgan fingerprint density at radius 2 is 2.10 bits per heavy atom. The lowest BCUT2D eigenvalue weighted by Gasteiger charge is -2.18. The van der Waals surface area contributed by atoms with Crippen molar-refractivity contribution in [1.29, 1.82) is 0 Å². The first-order chi connectivity index (χ1) is 13.5. The summed E-state index contributed by atoms with van der Waals surface area (Å²) in [6, 6.07) is 1.76. The number of hydrogen-bond donors (Lipinski definition) is 3. The number of nitrogens with zero attached hydrogens (tertiary/aromatic N) is 1. The number of hydrogen-bond acceptors (Lipinski definition) is 5. The number of halogens is 3. The fourth-order valence-electron chi connectivity index (χ4n) is 2.86. The monoisotopic (exact) mass is 433 g/mol. The van der Waals surface area contributed by atoms with Crippen molar-refractivity contribution in [1.82, 2.24) is 9.29 Å². The SMILES string of the molecule is C[C@H](O)[C@H]1COc2c(cn(C)c2C(=O)Nc2ccc(F)c(C(F)F)c2)S(=O)(=O)N1. The number of nitrogens with one attached hydrogen (secondary N) is 2. The van der Waals surface area contributed by atoms with E-state index in [0.29, 0.717) is 0 Å². The van der Waals surface area contributed by atoms with Gasteiger partial charge in [0.05, 0.1) is 17.7 Å². The van der Waals surface area contributed by atoms with E-state index in [4.69, 9.17) is 4.74 Å². The largest absolute Gasteiger partial charge is 0.488 e. The molecule has 0 aliphatic carbocycles. The number of aryl methyl sites for hydroxylation is 1. The normalized spacial score (nSPS) is 19.2. The minimum absolute atomic E-state index is 0.0990. The molecule has 0 saturated carbocycles. The first kappa shape index (κ1) is 21.1. The highest BCUT2D eigenvalue weighted by atomic mass is 32.2. The summed E-state index contributed by atoms with van der Waals surface area (Å²) in [6.07, 6.45) is -2.96. The fourth-order valence-corrected chi connectivity index (χ4v) is 4.34. The molecule has 29 heavy (non-hydrogen) atoms. The van der Waals surface area contributed by atoms with E-state index in [0.717, 1.165) is 24.4 Å². The zero-order valence-electron chi connectivity index (χ0n) is 15.3. The van der Waals surface area contributed by atoms with Crippen LogP contribution in [0.15, 0.2) is 29.3 Å². The molecule has 0 saturated heterocycles. The standard InChI is InChI=1S/C17H18F3N3O5S/c1-8(24)12-7-28-15-13(29(26,27)22-12)6-23(2)14(15)17(25)21-9-3-4-11(18)10(5-9)16(19)20/h3-6,8,12,16,22,24H,7H2,1-2H3,(H,21,25)/t8-,12+/m0/s1. The van der Waals surface area contributed by atoms with Crippen LogP contribution >= 0.6 is 0 Å². The number of rotatable bonds is 4. The third-order valence-electron chi connectivity index (χ3n) is 4.39. The maximum atomic E-state index is 13.4. The molecule has 3 N–H and O–H groups in total. The second-order valence-corrected chi connectivity index (χ2v) is 8.23. The summed E-state index contributed by atoms with van der Waals surface area (Å²) >= 11 is 0. The highest BCUT2D eigenvalue weighted by molar-refractivity contribution is 7.89. The first-order valence-corrected chi connectivity index (χ1v) is 9.91. The van der Waals surface area contributed by atoms with Crippen molar-refractivity contribution in [3.05, 3.63) is 41.5 Å². The van der Waals surface area contributed by atoms with Crippen molar-refractivity contribution in [3.63, 3.8) is 0 Å². The van der Waals surface area contributed by atoms with Crippen LogP contribution in [0.3, 0.4) is 0 Å². The van der Waals surface area contributed by atoms with Crippen LogP contribution in [-0.2, 0) is 17.1 Å². The number of carbonyl (C=O) groups excluding carboxylic acids is 1. The molecule has 1 amide bonds. The van der Waals surface area contributed by atoms with Crippen LogP contribution in [0, 0.1) is 5.82 Å². The number of carbonyl (C=O) groups is 1. The van der Waals surface area contributed by atoms with Crippen LogP contribution in [0.1, 0.15) is 29.4 Å². The van der Waals surface area contributed by atoms with Crippen molar-refractivity contribution in [2.24, 2.45) is 7.05 Å². The molecule has 2 heterocycles. The summed E-state index contributed by atoms with van der Waals surface area (Å²) in [6.45, 7) is 1.15. The van der Waals surface area contributed by atoms with Gasteiger partial charge in [0.2, 0.25) is 10.0 Å². The van der Waals surface area contributed by atoms with Crippen molar-refractivity contribution in [2.45, 2.75) is 30.4 Å². The molecule has 1 aliphatic rings. The highest BCUT2D eigenvalue weighted by Gasteiger charge is 2.36. The molecule has 2 atom stereocenters. The van der Waals surface area contributed by atoms with E-state index in [2.05, 4.69) is 10.0 Å². The maximum Gasteiger partial charge on any atom is 0.276 e. The van der Waals surface area contributed by atoms with Crippen LogP contribution in [0.25, 0.3) is 0 Å². The molecular weight excluding hydrogens is 415 g/mol. The molecular formula is C17H18F3N3O5S. The maximum absolute atomic E-state index is 13.4. The van der Waals surface area contributed by atoms with Gasteiger partial charge in [-0.25, -0.2) is 26.3 Å². The molecule has 0 unspecified atom stereocenters. The molecule has 12 heteroatoms. The van der Waals surface area contributed by atoms with Crippen LogP contribution in [0.2, 0.25) is 0 Å². The summed E-state index contributed by atoms with van der Waals surface area (Å²) in [5, 5.41) is 12.0. The Bertz CT molecular complexity index is 1050. The molecule has 158 valence electrons. The molecule has 0 bridgehead atoms. The Labute approximate surface area is 164 Å². The van der Waals surface area contributed by atoms with Crippen molar-refractivity contribution in [2.75, 3.05) is 11.9 Å². The molecule has 0 fully saturated rings. The smallest absolute Gasteiger partial charge is 0.276 e. The predicted molar refractivity (Wildman–Crippen MR) is 96.0 cm³/mol. The number of aromatic nitrogens is 1. The van der Waals surface area contributed by atoms with Gasteiger partial charge in [0.15, 0.2) is 11.4 Å². The van der Waals surface area contributed by atoms with Gasteiger partial charge in [-0.15, -0.1) is 0 Å². The van der Waals surface area contributed by atoms with E-state index in [-0.39, 0.29) is 28.6 Å². The number of fused-ring (bicyclic) bond motifs is 1. The summed E-state index contributed by atoms with van der Waals surface area (Å²) in [5.41, 5.74) is -1.16. The van der Waals surface area contributed by atoms with Gasteiger partial charge >= 0.3 is 0 Å². The summed E-state index contributed by atoms with van der Waals surface area (Å²) in [4.78, 5) is 12.4. The van der Waals surface area contributed by atoms with Gasteiger partial charge in [-0.3, -0.25) is 4.79 Å². The van der Waals surface area contributed by atoms with E-state index < -0.39 is 45.9 Å². The lowest BCUT2D eigenvalue weighted by atomic mass is 10.2. The van der Waals surface area contributed by atoms with Gasteiger partial charge in [-0.1, -0.05) is 0 Å². The number of amides is 1. The van der Waals surface area contributed by atoms with Gasteiger partial charge in [0, 0.05) is 18.9 Å². The molecule has 0 radical (unpaired) electrons. The lowest BCUT2D eigenvalue weighted by Crippen LogP contribution is -2.44. The molecule has 8 nitrogen and oxygen atoms in total. The summed E-state index contributed by atoms with van der Waals surface area (Å²) < 4.78 is 73.2. The average Bonchev–Trinajstić information content (AvgIpc) is 2.90. The number of aliphatic hydroxyl groups is 1. The topological polar surface area (TPSA) is 110 Å². The predicted octanol–water partition coefficient (Wildman–Crippen LogP) is 1.77. The van der Waals surface area contributed by atoms with Crippen molar-refractivity contribution < 1.29 is 36.2 Å². The quantitative estimate of drug-likeness (QED) is 0.681. The van der Waals surface area contributed by atoms with Gasteiger partial charge in [-0.05, 0) is 25.1 Å². The van der Waals surface area contributed by atoms with Crippen LogP contribution in [-0.4, -0.2) is 42.8 Å². The average molecular weight is 433 g/mol. The molecule has 2 aromatic rings. The number of alkyl halides is 2. The summed E-state index contributed by atoms with van der Waals surface area (Å²) in [7, 11) is -2.68. The van der Waals surface area contributed by atoms with E-state index in [1.807, 2.05) is 0 Å². The van der Waals surface area contributed by atoms with E-state index >= 15 is 0 Å². The third-order valence-corrected chi connectivity index (χ3v) is 5.87. The minimum atomic E-state index is -4.09. The molecule has 3 rings (SSSR count). The number of aliphatic hydroxyl groups excluding tert-OH is 1. The minimum Gasteiger partial charge on any atom is -0.488 e. The Kier molecular flexibility index (Phi) is 5.61.